The van der Waals surface area contributed by atoms with Crippen molar-refractivity contribution in [3.8, 4) is 0 Å². The normalized spacial score (nSPS) is 14.2. The smallest absolute Gasteiger partial charge is 0.339 e. The summed E-state index contributed by atoms with van der Waals surface area (Å²) in [5, 5.41) is 0. The molecule has 1 saturated heterocycles. The Bertz CT molecular complexity index is 1040. The molecule has 3 rings (SSSR count). The maximum absolute atomic E-state index is 12.4. The van der Waals surface area contributed by atoms with Gasteiger partial charge in [-0.2, -0.15) is 0 Å². The van der Waals surface area contributed by atoms with Crippen molar-refractivity contribution in [3.63, 3.8) is 0 Å². The average Bonchev–Trinajstić information content (AvgIpc) is 3.11. The summed E-state index contributed by atoms with van der Waals surface area (Å²) in [6.07, 6.45) is 2.25. The van der Waals surface area contributed by atoms with Gasteiger partial charge in [-0.05, 0) is 30.7 Å². The number of rotatable bonds is 6. The molecule has 0 unspecified atom stereocenters. The Morgan fingerprint density at radius 3 is 2.54 bits per heavy atom. The van der Waals surface area contributed by atoms with E-state index < -0.39 is 28.2 Å². The predicted octanol–water partition coefficient (Wildman–Crippen LogP) is 2.26. The lowest BCUT2D eigenvalue weighted by atomic mass is 10.1. The van der Waals surface area contributed by atoms with Crippen LogP contribution in [0.3, 0.4) is 0 Å². The van der Waals surface area contributed by atoms with Crippen LogP contribution in [0.25, 0.3) is 0 Å². The van der Waals surface area contributed by atoms with Gasteiger partial charge in [0.2, 0.25) is 5.91 Å². The van der Waals surface area contributed by atoms with Gasteiger partial charge < -0.3 is 9.64 Å². The number of Topliss-reactive ketones (excluding diaryl/α,β-unsaturated/α-hetero) is 1. The first-order valence-corrected chi connectivity index (χ1v) is 10.6. The lowest BCUT2D eigenvalue weighted by Crippen LogP contribution is -2.24. The minimum absolute atomic E-state index is 0.00779. The van der Waals surface area contributed by atoms with Gasteiger partial charge in [-0.25, -0.2) is 13.2 Å². The summed E-state index contributed by atoms with van der Waals surface area (Å²) < 4.78 is 28.6. The third kappa shape index (κ3) is 4.28. The van der Waals surface area contributed by atoms with Crippen LogP contribution >= 0.6 is 0 Å². The summed E-state index contributed by atoms with van der Waals surface area (Å²) in [5.41, 5.74) is 0.817. The molecular formula is C20H19NO6S. The molecule has 2 aromatic rings. The zero-order valence-electron chi connectivity index (χ0n) is 15.3. The Morgan fingerprint density at radius 2 is 1.86 bits per heavy atom. The molecule has 0 aliphatic carbocycles. The summed E-state index contributed by atoms with van der Waals surface area (Å²) in [6, 6.07) is 12.2. The predicted molar refractivity (Wildman–Crippen MR) is 102 cm³/mol. The van der Waals surface area contributed by atoms with Crippen LogP contribution in [0.1, 0.15) is 33.6 Å². The van der Waals surface area contributed by atoms with Gasteiger partial charge in [-0.15, -0.1) is 0 Å². The number of esters is 1. The number of ketones is 1. The van der Waals surface area contributed by atoms with Gasteiger partial charge in [-0.3, -0.25) is 9.59 Å². The largest absolute Gasteiger partial charge is 0.454 e. The molecule has 8 heteroatoms. The summed E-state index contributed by atoms with van der Waals surface area (Å²) in [5.74, 6) is -1.33. The standard InChI is InChI=1S/C20H19NO6S/c1-28(25,26)18-9-3-2-8-16(18)20(24)27-13-17(22)14-6-4-7-15(12-14)21-11-5-10-19(21)23/h2-4,6-9,12H,5,10-11,13H2,1H3. The minimum Gasteiger partial charge on any atom is -0.454 e. The highest BCUT2D eigenvalue weighted by molar-refractivity contribution is 7.90. The van der Waals surface area contributed by atoms with E-state index in [-0.39, 0.29) is 16.4 Å². The average molecular weight is 401 g/mol. The third-order valence-electron chi connectivity index (χ3n) is 4.39. The lowest BCUT2D eigenvalue weighted by molar-refractivity contribution is -0.117. The van der Waals surface area contributed by atoms with E-state index in [2.05, 4.69) is 0 Å². The molecule has 1 fully saturated rings. The summed E-state index contributed by atoms with van der Waals surface area (Å²) in [4.78, 5) is 38.0. The van der Waals surface area contributed by atoms with Crippen molar-refractivity contribution in [2.45, 2.75) is 17.7 Å². The van der Waals surface area contributed by atoms with E-state index in [0.717, 1.165) is 12.7 Å². The number of hydrogen-bond acceptors (Lipinski definition) is 6. The van der Waals surface area contributed by atoms with Crippen LogP contribution in [0.4, 0.5) is 5.69 Å². The highest BCUT2D eigenvalue weighted by Gasteiger charge is 2.23. The molecule has 0 spiro atoms. The number of hydrogen-bond donors (Lipinski definition) is 0. The first-order valence-electron chi connectivity index (χ1n) is 8.67. The Labute approximate surface area is 162 Å². The van der Waals surface area contributed by atoms with E-state index in [9.17, 15) is 22.8 Å². The number of ether oxygens (including phenoxy) is 1. The van der Waals surface area contributed by atoms with Crippen LogP contribution in [-0.4, -0.2) is 45.5 Å². The fraction of sp³-hybridized carbons (Fsp3) is 0.250. The fourth-order valence-electron chi connectivity index (χ4n) is 3.02. The number of benzene rings is 2. The van der Waals surface area contributed by atoms with E-state index in [1.807, 2.05) is 0 Å². The SMILES string of the molecule is CS(=O)(=O)c1ccccc1C(=O)OCC(=O)c1cccc(N2CCCC2=O)c1. The molecule has 7 nitrogen and oxygen atoms in total. The van der Waals surface area contributed by atoms with E-state index in [1.165, 1.54) is 24.3 Å². The van der Waals surface area contributed by atoms with Crippen molar-refractivity contribution in [3.05, 3.63) is 59.7 Å². The number of carbonyl (C=O) groups is 3. The van der Waals surface area contributed by atoms with Crippen molar-refractivity contribution < 1.29 is 27.5 Å². The maximum Gasteiger partial charge on any atom is 0.339 e. The van der Waals surface area contributed by atoms with Crippen molar-refractivity contribution >= 4 is 33.2 Å². The molecule has 0 saturated carbocycles. The second-order valence-corrected chi connectivity index (χ2v) is 8.45. The van der Waals surface area contributed by atoms with Crippen LogP contribution in [-0.2, 0) is 19.4 Å². The lowest BCUT2D eigenvalue weighted by Gasteiger charge is -2.16. The third-order valence-corrected chi connectivity index (χ3v) is 5.55. The number of carbonyl (C=O) groups excluding carboxylic acids is 3. The Hall–Kier alpha value is -3.00. The highest BCUT2D eigenvalue weighted by Crippen LogP contribution is 2.22. The second kappa shape index (κ2) is 7.93. The molecule has 28 heavy (non-hydrogen) atoms. The van der Waals surface area contributed by atoms with Crippen molar-refractivity contribution in [1.82, 2.24) is 0 Å². The van der Waals surface area contributed by atoms with Crippen LogP contribution in [0, 0.1) is 0 Å². The van der Waals surface area contributed by atoms with Gasteiger partial charge in [-0.1, -0.05) is 24.3 Å². The molecule has 0 radical (unpaired) electrons. The molecule has 146 valence electrons. The molecule has 1 aliphatic heterocycles. The molecule has 0 atom stereocenters. The first kappa shape index (κ1) is 19.8. The first-order chi connectivity index (χ1) is 13.3. The van der Waals surface area contributed by atoms with Crippen LogP contribution in [0.2, 0.25) is 0 Å². The zero-order valence-corrected chi connectivity index (χ0v) is 16.1. The Morgan fingerprint density at radius 1 is 1.11 bits per heavy atom. The highest BCUT2D eigenvalue weighted by atomic mass is 32.2. The summed E-state index contributed by atoms with van der Waals surface area (Å²) >= 11 is 0. The molecule has 0 aromatic heterocycles. The van der Waals surface area contributed by atoms with E-state index in [1.54, 1.807) is 29.2 Å². The fourth-order valence-corrected chi connectivity index (χ4v) is 3.90. The van der Waals surface area contributed by atoms with E-state index in [0.29, 0.717) is 24.2 Å². The van der Waals surface area contributed by atoms with Crippen molar-refractivity contribution in [1.29, 1.82) is 0 Å². The van der Waals surface area contributed by atoms with Crippen LogP contribution in [0.15, 0.2) is 53.4 Å². The van der Waals surface area contributed by atoms with Gasteiger partial charge in [0.15, 0.2) is 22.2 Å². The molecular weight excluding hydrogens is 382 g/mol. The van der Waals surface area contributed by atoms with E-state index in [4.69, 9.17) is 4.74 Å². The Balaban J connectivity index is 1.71. The number of nitrogens with zero attached hydrogens (tertiary/aromatic N) is 1. The van der Waals surface area contributed by atoms with Crippen LogP contribution in [0.5, 0.6) is 0 Å². The van der Waals surface area contributed by atoms with E-state index >= 15 is 0 Å². The van der Waals surface area contributed by atoms with Crippen molar-refractivity contribution in [2.24, 2.45) is 0 Å². The number of anilines is 1. The molecule has 1 heterocycles. The molecule has 0 bridgehead atoms. The van der Waals surface area contributed by atoms with Crippen LogP contribution < -0.4 is 4.90 Å². The maximum atomic E-state index is 12.4. The topological polar surface area (TPSA) is 97.8 Å². The summed E-state index contributed by atoms with van der Waals surface area (Å²) in [6.45, 7) is 0.0715. The Kier molecular flexibility index (Phi) is 5.60. The quantitative estimate of drug-likeness (QED) is 0.544. The monoisotopic (exact) mass is 401 g/mol. The van der Waals surface area contributed by atoms with Gasteiger partial charge in [0.05, 0.1) is 10.5 Å². The van der Waals surface area contributed by atoms with Gasteiger partial charge >= 0.3 is 5.97 Å². The zero-order chi connectivity index (χ0) is 20.3. The minimum atomic E-state index is -3.61. The molecule has 1 amide bonds. The molecule has 1 aliphatic rings. The summed E-state index contributed by atoms with van der Waals surface area (Å²) in [7, 11) is -3.61. The molecule has 0 N–H and O–H groups in total. The number of sulfone groups is 1. The number of amides is 1. The van der Waals surface area contributed by atoms with Gasteiger partial charge in [0.25, 0.3) is 0 Å². The van der Waals surface area contributed by atoms with Gasteiger partial charge in [0.1, 0.15) is 0 Å². The second-order valence-electron chi connectivity index (χ2n) is 6.47. The van der Waals surface area contributed by atoms with Crippen molar-refractivity contribution in [2.75, 3.05) is 24.3 Å². The molecule has 2 aromatic carbocycles. The van der Waals surface area contributed by atoms with Gasteiger partial charge in [0, 0.05) is 30.5 Å².